The van der Waals surface area contributed by atoms with Crippen molar-refractivity contribution in [2.24, 2.45) is 4.99 Å². The van der Waals surface area contributed by atoms with Crippen LogP contribution in [0.5, 0.6) is 11.5 Å². The highest BCUT2D eigenvalue weighted by Crippen LogP contribution is 2.30. The minimum absolute atomic E-state index is 0. The number of likely N-dealkylation sites (N-methyl/N-ethyl adjacent to an activating group) is 1. The van der Waals surface area contributed by atoms with E-state index < -0.39 is 0 Å². The number of furan rings is 1. The van der Waals surface area contributed by atoms with Crippen LogP contribution in [0.2, 0.25) is 0 Å². The molecule has 8 heteroatoms. The van der Waals surface area contributed by atoms with Crippen molar-refractivity contribution in [3.63, 3.8) is 0 Å². The maximum absolute atomic E-state index is 5.64. The second kappa shape index (κ2) is 12.5. The van der Waals surface area contributed by atoms with Crippen LogP contribution in [-0.2, 0) is 0 Å². The predicted molar refractivity (Wildman–Crippen MR) is 124 cm³/mol. The molecular formula is C20H31IN4O3. The molecule has 156 valence electrons. The van der Waals surface area contributed by atoms with Gasteiger partial charge in [-0.1, -0.05) is 0 Å². The quantitative estimate of drug-likeness (QED) is 0.307. The Labute approximate surface area is 184 Å². The van der Waals surface area contributed by atoms with Crippen LogP contribution in [0.3, 0.4) is 0 Å². The first-order chi connectivity index (χ1) is 13.1. The molecule has 1 aromatic carbocycles. The Kier molecular flexibility index (Phi) is 10.8. The minimum atomic E-state index is 0. The van der Waals surface area contributed by atoms with Gasteiger partial charge in [-0.2, -0.15) is 0 Å². The zero-order chi connectivity index (χ0) is 19.6. The van der Waals surface area contributed by atoms with Crippen LogP contribution in [0.4, 0.5) is 5.69 Å². The molecular weight excluding hydrogens is 471 g/mol. The maximum atomic E-state index is 5.64. The van der Waals surface area contributed by atoms with Crippen LogP contribution in [0.1, 0.15) is 25.6 Å². The molecule has 0 bridgehead atoms. The summed E-state index contributed by atoms with van der Waals surface area (Å²) in [5.41, 5.74) is 0.873. The van der Waals surface area contributed by atoms with Crippen molar-refractivity contribution in [1.82, 2.24) is 10.2 Å². The summed E-state index contributed by atoms with van der Waals surface area (Å²) in [6.45, 7) is 5.87. The number of aliphatic imine (C=N–C) groups is 1. The van der Waals surface area contributed by atoms with Crippen molar-refractivity contribution < 1.29 is 13.9 Å². The highest BCUT2D eigenvalue weighted by molar-refractivity contribution is 14.0. The lowest BCUT2D eigenvalue weighted by atomic mass is 10.2. The van der Waals surface area contributed by atoms with Gasteiger partial charge in [-0.3, -0.25) is 9.89 Å². The van der Waals surface area contributed by atoms with Crippen LogP contribution in [0.15, 0.2) is 46.0 Å². The van der Waals surface area contributed by atoms with Crippen LogP contribution in [-0.4, -0.2) is 51.8 Å². The summed E-state index contributed by atoms with van der Waals surface area (Å²) in [5.74, 6) is 2.99. The van der Waals surface area contributed by atoms with Gasteiger partial charge >= 0.3 is 0 Å². The fraction of sp³-hybridized carbons (Fsp3) is 0.450. The molecule has 0 spiro atoms. The summed E-state index contributed by atoms with van der Waals surface area (Å²) in [5, 5.41) is 6.59. The zero-order valence-electron chi connectivity index (χ0n) is 17.2. The van der Waals surface area contributed by atoms with E-state index in [2.05, 4.69) is 15.5 Å². The number of guanidine groups is 1. The summed E-state index contributed by atoms with van der Waals surface area (Å²) in [4.78, 5) is 6.81. The molecule has 0 aliphatic carbocycles. The van der Waals surface area contributed by atoms with Gasteiger partial charge in [0.2, 0.25) is 0 Å². The number of methoxy groups -OCH3 is 1. The van der Waals surface area contributed by atoms with Gasteiger partial charge in [0, 0.05) is 18.3 Å². The second-order valence-electron chi connectivity index (χ2n) is 6.14. The molecule has 2 aromatic rings. The largest absolute Gasteiger partial charge is 0.493 e. The first-order valence-corrected chi connectivity index (χ1v) is 9.15. The van der Waals surface area contributed by atoms with Crippen LogP contribution in [0, 0.1) is 0 Å². The molecule has 1 atom stereocenters. The number of nitrogens with one attached hydrogen (secondary N) is 2. The molecule has 1 heterocycles. The summed E-state index contributed by atoms with van der Waals surface area (Å²) < 4.78 is 16.5. The van der Waals surface area contributed by atoms with Crippen LogP contribution in [0.25, 0.3) is 0 Å². The number of nitrogens with zero attached hydrogens (tertiary/aromatic N) is 2. The smallest absolute Gasteiger partial charge is 0.195 e. The maximum Gasteiger partial charge on any atom is 0.195 e. The lowest BCUT2D eigenvalue weighted by molar-refractivity contribution is 0.265. The average Bonchev–Trinajstić information content (AvgIpc) is 3.16. The molecule has 2 N–H and O–H groups in total. The Morgan fingerprint density at radius 2 is 2.00 bits per heavy atom. The van der Waals surface area contributed by atoms with Crippen molar-refractivity contribution >= 4 is 35.6 Å². The van der Waals surface area contributed by atoms with E-state index >= 15 is 0 Å². The van der Waals surface area contributed by atoms with E-state index in [0.717, 1.165) is 18.0 Å². The molecule has 1 aromatic heterocycles. The molecule has 0 radical (unpaired) electrons. The van der Waals surface area contributed by atoms with Gasteiger partial charge in [-0.05, 0) is 52.2 Å². The number of ether oxygens (including phenoxy) is 2. The fourth-order valence-corrected chi connectivity index (χ4v) is 2.63. The molecule has 7 nitrogen and oxygen atoms in total. The topological polar surface area (TPSA) is 71.3 Å². The van der Waals surface area contributed by atoms with Crippen molar-refractivity contribution in [2.45, 2.75) is 19.9 Å². The summed E-state index contributed by atoms with van der Waals surface area (Å²) in [6, 6.07) is 9.65. The Morgan fingerprint density at radius 3 is 2.57 bits per heavy atom. The molecule has 0 aliphatic rings. The van der Waals surface area contributed by atoms with Crippen molar-refractivity contribution in [3.8, 4) is 11.5 Å². The Morgan fingerprint density at radius 1 is 1.21 bits per heavy atom. The third-order valence-electron chi connectivity index (χ3n) is 3.99. The van der Waals surface area contributed by atoms with Crippen molar-refractivity contribution in [1.29, 1.82) is 0 Å². The highest BCUT2D eigenvalue weighted by Gasteiger charge is 2.17. The summed E-state index contributed by atoms with van der Waals surface area (Å²) in [7, 11) is 5.66. The van der Waals surface area contributed by atoms with Gasteiger partial charge in [-0.15, -0.1) is 24.0 Å². The van der Waals surface area contributed by atoms with E-state index in [4.69, 9.17) is 18.9 Å². The van der Waals surface area contributed by atoms with E-state index in [1.54, 1.807) is 13.4 Å². The third kappa shape index (κ3) is 6.90. The van der Waals surface area contributed by atoms with E-state index in [1.807, 2.05) is 58.3 Å². The number of halogens is 1. The average molecular weight is 502 g/mol. The molecule has 0 saturated heterocycles. The normalized spacial score (nSPS) is 12.3. The lowest BCUT2D eigenvalue weighted by Gasteiger charge is -2.21. The summed E-state index contributed by atoms with van der Waals surface area (Å²) >= 11 is 0. The van der Waals surface area contributed by atoms with Gasteiger partial charge in [0.15, 0.2) is 17.5 Å². The number of rotatable bonds is 9. The molecule has 0 saturated carbocycles. The van der Waals surface area contributed by atoms with Gasteiger partial charge in [0.1, 0.15) is 5.76 Å². The molecule has 0 amide bonds. The lowest BCUT2D eigenvalue weighted by Crippen LogP contribution is -2.32. The van der Waals surface area contributed by atoms with E-state index in [0.29, 0.717) is 30.6 Å². The minimum Gasteiger partial charge on any atom is -0.493 e. The van der Waals surface area contributed by atoms with E-state index in [-0.39, 0.29) is 30.0 Å². The van der Waals surface area contributed by atoms with E-state index in [9.17, 15) is 0 Å². The van der Waals surface area contributed by atoms with Gasteiger partial charge in [0.05, 0.1) is 32.6 Å². The molecule has 28 heavy (non-hydrogen) atoms. The Bertz CT molecular complexity index is 720. The SMILES string of the molecule is CCNC(=NCC(c1ccco1)N(C)C)Nc1ccc(OC)c(OCC)c1.I. The Hall–Kier alpha value is -1.94. The molecule has 2 rings (SSSR count). The van der Waals surface area contributed by atoms with E-state index in [1.165, 1.54) is 0 Å². The predicted octanol–water partition coefficient (Wildman–Crippen LogP) is 3.99. The highest BCUT2D eigenvalue weighted by atomic mass is 127. The first-order valence-electron chi connectivity index (χ1n) is 9.15. The second-order valence-corrected chi connectivity index (χ2v) is 6.14. The van der Waals surface area contributed by atoms with Gasteiger partial charge in [-0.25, -0.2) is 0 Å². The first kappa shape index (κ1) is 24.1. The standard InChI is InChI=1S/C20H30N4O3.HI/c1-6-21-20(22-14-16(24(3)4)17-9-8-12-27-17)23-15-10-11-18(25-5)19(13-15)26-7-2;/h8-13,16H,6-7,14H2,1-5H3,(H2,21,22,23);1H. The number of anilines is 1. The molecule has 0 aliphatic heterocycles. The third-order valence-corrected chi connectivity index (χ3v) is 3.99. The number of hydrogen-bond acceptors (Lipinski definition) is 5. The Balaban J connectivity index is 0.00000392. The van der Waals surface area contributed by atoms with Crippen LogP contribution >= 0.6 is 24.0 Å². The monoisotopic (exact) mass is 502 g/mol. The summed E-state index contributed by atoms with van der Waals surface area (Å²) in [6.07, 6.45) is 1.69. The van der Waals surface area contributed by atoms with Crippen LogP contribution < -0.4 is 20.1 Å². The molecule has 1 unspecified atom stereocenters. The number of benzene rings is 1. The van der Waals surface area contributed by atoms with Gasteiger partial charge in [0.25, 0.3) is 0 Å². The zero-order valence-corrected chi connectivity index (χ0v) is 19.5. The van der Waals surface area contributed by atoms with Gasteiger partial charge < -0.3 is 24.5 Å². The van der Waals surface area contributed by atoms with Crippen molar-refractivity contribution in [2.75, 3.05) is 46.2 Å². The fourth-order valence-electron chi connectivity index (χ4n) is 2.63. The molecule has 0 fully saturated rings. The number of hydrogen-bond donors (Lipinski definition) is 2. The van der Waals surface area contributed by atoms with Crippen molar-refractivity contribution in [3.05, 3.63) is 42.4 Å².